The summed E-state index contributed by atoms with van der Waals surface area (Å²) in [5.41, 5.74) is 3.86. The number of fused-ring (bicyclic) bond motifs is 5. The molecule has 0 radical (unpaired) electrons. The number of hydrogen-bond acceptors (Lipinski definition) is 5. The largest absolute Gasteiger partial charge is 0.325 e. The number of rotatable bonds is 3. The molecule has 1 saturated heterocycles. The standard InChI is InChI=1S/C29H25BrN4O4S/c30-19-4-6-23-22(13-19)28(7-10-39(38)11-8-28)27(37)34(23)16-24(35)32-20-5-3-17-14-29(15-18(17)12-20)21-2-1-9-31-25(21)33-26(29)36/h1-6,9,12-13H,7-8,10-11,14-16H2,(H,32,35)(H,31,33,36). The lowest BCUT2D eigenvalue weighted by Gasteiger charge is -2.32. The Morgan fingerprint density at radius 1 is 1.03 bits per heavy atom. The van der Waals surface area contributed by atoms with Crippen molar-refractivity contribution in [3.05, 3.63) is 81.5 Å². The van der Waals surface area contributed by atoms with Crippen LogP contribution in [0.5, 0.6) is 0 Å². The van der Waals surface area contributed by atoms with Gasteiger partial charge in [-0.1, -0.05) is 28.1 Å². The maximum atomic E-state index is 13.8. The molecule has 1 atom stereocenters. The van der Waals surface area contributed by atoms with Crippen molar-refractivity contribution >= 4 is 61.6 Å². The predicted octanol–water partition coefficient (Wildman–Crippen LogP) is 3.60. The summed E-state index contributed by atoms with van der Waals surface area (Å²) in [5.74, 6) is 1.14. The number of amides is 3. The molecule has 2 N–H and O–H groups in total. The Balaban J connectivity index is 1.11. The van der Waals surface area contributed by atoms with Crippen LogP contribution in [0.4, 0.5) is 17.2 Å². The molecule has 4 aliphatic rings. The second kappa shape index (κ2) is 8.82. The van der Waals surface area contributed by atoms with Gasteiger partial charge in [-0.3, -0.25) is 18.6 Å². The Bertz CT molecular complexity index is 1610. The minimum Gasteiger partial charge on any atom is -0.325 e. The van der Waals surface area contributed by atoms with E-state index in [1.54, 1.807) is 11.1 Å². The molecule has 2 spiro atoms. The van der Waals surface area contributed by atoms with E-state index in [1.807, 2.05) is 48.5 Å². The van der Waals surface area contributed by atoms with E-state index in [2.05, 4.69) is 31.5 Å². The van der Waals surface area contributed by atoms with E-state index in [0.29, 0.717) is 48.7 Å². The average molecular weight is 606 g/mol. The molecule has 1 unspecified atom stereocenters. The molecule has 0 bridgehead atoms. The van der Waals surface area contributed by atoms with Crippen LogP contribution in [0.1, 0.15) is 35.1 Å². The first-order valence-electron chi connectivity index (χ1n) is 12.9. The fraction of sp³-hybridized carbons (Fsp3) is 0.310. The van der Waals surface area contributed by atoms with Gasteiger partial charge in [0.1, 0.15) is 12.4 Å². The Labute approximate surface area is 236 Å². The number of halogens is 1. The van der Waals surface area contributed by atoms with Gasteiger partial charge in [-0.2, -0.15) is 0 Å². The van der Waals surface area contributed by atoms with Crippen molar-refractivity contribution in [1.82, 2.24) is 4.98 Å². The monoisotopic (exact) mass is 604 g/mol. The first-order chi connectivity index (χ1) is 18.8. The summed E-state index contributed by atoms with van der Waals surface area (Å²) in [6.45, 7) is -0.110. The topological polar surface area (TPSA) is 108 Å². The average Bonchev–Trinajstić information content (AvgIpc) is 3.51. The van der Waals surface area contributed by atoms with Crippen LogP contribution < -0.4 is 15.5 Å². The summed E-state index contributed by atoms with van der Waals surface area (Å²) in [7, 11) is -0.916. The summed E-state index contributed by atoms with van der Waals surface area (Å²) in [6, 6.07) is 15.3. The number of carbonyl (C=O) groups excluding carboxylic acids is 3. The summed E-state index contributed by atoms with van der Waals surface area (Å²) < 4.78 is 13.0. The molecule has 10 heteroatoms. The number of carbonyl (C=O) groups is 3. The first kappa shape index (κ1) is 24.7. The Morgan fingerprint density at radius 2 is 1.82 bits per heavy atom. The molecule has 1 aliphatic carbocycles. The molecule has 3 amide bonds. The van der Waals surface area contributed by atoms with E-state index in [1.165, 1.54) is 0 Å². The van der Waals surface area contributed by atoms with Gasteiger partial charge in [-0.15, -0.1) is 0 Å². The number of nitrogens with zero attached hydrogens (tertiary/aromatic N) is 2. The zero-order chi connectivity index (χ0) is 26.9. The van der Waals surface area contributed by atoms with Crippen LogP contribution >= 0.6 is 15.9 Å². The fourth-order valence-electron chi connectivity index (χ4n) is 6.74. The first-order valence-corrected chi connectivity index (χ1v) is 15.2. The van der Waals surface area contributed by atoms with Crippen molar-refractivity contribution in [3.8, 4) is 0 Å². The maximum Gasteiger partial charge on any atom is 0.244 e. The van der Waals surface area contributed by atoms with Gasteiger partial charge in [0.05, 0.1) is 10.8 Å². The quantitative estimate of drug-likeness (QED) is 0.475. The number of hydrogen-bond donors (Lipinski definition) is 2. The van der Waals surface area contributed by atoms with Crippen molar-refractivity contribution in [3.63, 3.8) is 0 Å². The van der Waals surface area contributed by atoms with E-state index >= 15 is 0 Å². The van der Waals surface area contributed by atoms with Gasteiger partial charge < -0.3 is 15.5 Å². The molecule has 4 heterocycles. The highest BCUT2D eigenvalue weighted by molar-refractivity contribution is 9.10. The third-order valence-corrected chi connectivity index (χ3v) is 10.5. The van der Waals surface area contributed by atoms with Crippen LogP contribution in [0.2, 0.25) is 0 Å². The number of aromatic nitrogens is 1. The van der Waals surface area contributed by atoms with Crippen molar-refractivity contribution < 1.29 is 18.6 Å². The van der Waals surface area contributed by atoms with Crippen LogP contribution in [0, 0.1) is 0 Å². The highest BCUT2D eigenvalue weighted by Crippen LogP contribution is 2.49. The predicted molar refractivity (Wildman–Crippen MR) is 152 cm³/mol. The SMILES string of the molecule is O=C(CN1C(=O)C2(CCS(=O)CC2)c2cc(Br)ccc21)Nc1ccc2c(c1)CC1(C2)C(=O)Nc2ncccc21. The molecule has 7 rings (SSSR count). The van der Waals surface area contributed by atoms with E-state index < -0.39 is 21.6 Å². The third kappa shape index (κ3) is 3.71. The summed E-state index contributed by atoms with van der Waals surface area (Å²) in [6.07, 6.45) is 3.82. The third-order valence-electron chi connectivity index (χ3n) is 8.70. The summed E-state index contributed by atoms with van der Waals surface area (Å²) in [4.78, 5) is 45.9. The van der Waals surface area contributed by atoms with Crippen LogP contribution in [0.25, 0.3) is 0 Å². The molecule has 39 heavy (non-hydrogen) atoms. The van der Waals surface area contributed by atoms with Crippen LogP contribution in [0.15, 0.2) is 59.2 Å². The fourth-order valence-corrected chi connectivity index (χ4v) is 8.46. The van der Waals surface area contributed by atoms with E-state index in [4.69, 9.17) is 0 Å². The number of benzene rings is 2. The van der Waals surface area contributed by atoms with Crippen LogP contribution in [-0.4, -0.2) is 45.0 Å². The maximum absolute atomic E-state index is 13.8. The van der Waals surface area contributed by atoms with Crippen molar-refractivity contribution in [1.29, 1.82) is 0 Å². The second-order valence-corrected chi connectivity index (χ2v) is 13.4. The van der Waals surface area contributed by atoms with Gasteiger partial charge in [0.15, 0.2) is 0 Å². The normalized spacial score (nSPS) is 26.5. The minimum absolute atomic E-state index is 0.0451. The van der Waals surface area contributed by atoms with Crippen molar-refractivity contribution in [2.24, 2.45) is 0 Å². The highest BCUT2D eigenvalue weighted by Gasteiger charge is 2.53. The van der Waals surface area contributed by atoms with E-state index in [9.17, 15) is 18.6 Å². The molecule has 2 aromatic carbocycles. The van der Waals surface area contributed by atoms with Crippen molar-refractivity contribution in [2.45, 2.75) is 36.5 Å². The zero-order valence-electron chi connectivity index (χ0n) is 21.0. The molecular formula is C29H25BrN4O4S. The van der Waals surface area contributed by atoms with Crippen molar-refractivity contribution in [2.75, 3.05) is 33.6 Å². The molecule has 1 aromatic heterocycles. The number of anilines is 3. The van der Waals surface area contributed by atoms with E-state index in [0.717, 1.165) is 32.4 Å². The van der Waals surface area contributed by atoms with Gasteiger partial charge in [-0.05, 0) is 78.8 Å². The molecule has 3 aliphatic heterocycles. The van der Waals surface area contributed by atoms with E-state index in [-0.39, 0.29) is 24.3 Å². The summed E-state index contributed by atoms with van der Waals surface area (Å²) >= 11 is 3.52. The highest BCUT2D eigenvalue weighted by atomic mass is 79.9. The van der Waals surface area contributed by atoms with Crippen LogP contribution in [0.3, 0.4) is 0 Å². The molecule has 198 valence electrons. The number of pyridine rings is 1. The lowest BCUT2D eigenvalue weighted by atomic mass is 9.76. The molecule has 8 nitrogen and oxygen atoms in total. The zero-order valence-corrected chi connectivity index (χ0v) is 23.4. The molecule has 3 aromatic rings. The second-order valence-electron chi connectivity index (χ2n) is 10.8. The lowest BCUT2D eigenvalue weighted by Crippen LogP contribution is -2.46. The van der Waals surface area contributed by atoms with Gasteiger partial charge in [0.2, 0.25) is 17.7 Å². The number of nitrogens with one attached hydrogen (secondary N) is 2. The Morgan fingerprint density at radius 3 is 2.64 bits per heavy atom. The van der Waals surface area contributed by atoms with Gasteiger partial charge in [0, 0.05) is 49.9 Å². The van der Waals surface area contributed by atoms with Gasteiger partial charge >= 0.3 is 0 Å². The van der Waals surface area contributed by atoms with Crippen LogP contribution in [-0.2, 0) is 48.9 Å². The molecule has 0 saturated carbocycles. The summed E-state index contributed by atoms with van der Waals surface area (Å²) in [5, 5.41) is 5.88. The molecular weight excluding hydrogens is 580 g/mol. The minimum atomic E-state index is -0.916. The Hall–Kier alpha value is -3.37. The smallest absolute Gasteiger partial charge is 0.244 e. The molecule has 1 fully saturated rings. The van der Waals surface area contributed by atoms with Gasteiger partial charge in [0.25, 0.3) is 0 Å². The van der Waals surface area contributed by atoms with Gasteiger partial charge in [-0.25, -0.2) is 4.98 Å². The Kier molecular flexibility index (Phi) is 5.58. The lowest BCUT2D eigenvalue weighted by molar-refractivity contribution is -0.125.